The summed E-state index contributed by atoms with van der Waals surface area (Å²) in [6.07, 6.45) is -2.42. The number of benzene rings is 1. The van der Waals surface area contributed by atoms with Crippen LogP contribution in [0.2, 0.25) is 0 Å². The number of hydrogen-bond acceptors (Lipinski definition) is 5. The van der Waals surface area contributed by atoms with E-state index >= 15 is 0 Å². The van der Waals surface area contributed by atoms with Crippen molar-refractivity contribution in [3.63, 3.8) is 0 Å². The first-order chi connectivity index (χ1) is 16.4. The van der Waals surface area contributed by atoms with Crippen LogP contribution in [0.3, 0.4) is 0 Å². The van der Waals surface area contributed by atoms with Gasteiger partial charge in [-0.05, 0) is 64.2 Å². The maximum atomic E-state index is 14.1. The molecule has 0 aliphatic carbocycles. The molecule has 1 aromatic heterocycles. The zero-order chi connectivity index (χ0) is 25.7. The van der Waals surface area contributed by atoms with Crippen LogP contribution in [0.25, 0.3) is 0 Å². The van der Waals surface area contributed by atoms with Crippen LogP contribution in [-0.2, 0) is 12.9 Å². The van der Waals surface area contributed by atoms with E-state index in [0.29, 0.717) is 18.9 Å². The molecule has 0 radical (unpaired) electrons. The molecule has 31 heavy (non-hydrogen) atoms. The third kappa shape index (κ3) is 4.45. The number of fused-ring (bicyclic) bond motifs is 1. The second-order valence-corrected chi connectivity index (χ2v) is 8.03. The van der Waals surface area contributed by atoms with E-state index in [1.54, 1.807) is 0 Å². The molecule has 4 rings (SSSR count). The van der Waals surface area contributed by atoms with E-state index in [2.05, 4.69) is 4.98 Å². The number of hydrogen-bond donors (Lipinski definition) is 1. The molecule has 1 saturated heterocycles. The van der Waals surface area contributed by atoms with Gasteiger partial charge in [0.05, 0.1) is 5.56 Å². The highest BCUT2D eigenvalue weighted by Gasteiger charge is 2.28. The first-order valence-electron chi connectivity index (χ1n) is 12.4. The van der Waals surface area contributed by atoms with Crippen molar-refractivity contribution in [2.24, 2.45) is 5.92 Å². The molecule has 8 heteroatoms. The number of aliphatic hydroxyl groups is 1. The fraction of sp³-hybridized carbons (Fsp3) is 0.522. The van der Waals surface area contributed by atoms with Crippen molar-refractivity contribution < 1.29 is 24.2 Å². The standard InChI is InChI=1S/C23H27F2N3O3/c1-14-17(23(31)28-9-2-3-20(29)22(28)26-14)8-12-27-10-6-15(7-11-27)21(30)18-5-4-16(24)13-19(18)25/h4-5,13,15,20,29H,2-3,6-12H2,1H3/i8D2,12D2. The normalized spacial score (nSPS) is 22.8. The van der Waals surface area contributed by atoms with Gasteiger partial charge in [-0.15, -0.1) is 0 Å². The van der Waals surface area contributed by atoms with Crippen LogP contribution in [0.15, 0.2) is 23.0 Å². The molecule has 2 aliphatic heterocycles. The molecule has 1 atom stereocenters. The number of ketones is 1. The molecular weight excluding hydrogens is 404 g/mol. The predicted molar refractivity (Wildman–Crippen MR) is 111 cm³/mol. The fourth-order valence-electron chi connectivity index (χ4n) is 4.17. The summed E-state index contributed by atoms with van der Waals surface area (Å²) in [6, 6.07) is 2.74. The molecule has 2 aromatic rings. The number of aromatic nitrogens is 2. The van der Waals surface area contributed by atoms with Gasteiger partial charge in [0, 0.05) is 41.8 Å². The number of rotatable bonds is 5. The summed E-state index contributed by atoms with van der Waals surface area (Å²) in [5, 5.41) is 10.2. The topological polar surface area (TPSA) is 75.4 Å². The van der Waals surface area contributed by atoms with E-state index in [1.807, 2.05) is 0 Å². The largest absolute Gasteiger partial charge is 0.385 e. The van der Waals surface area contributed by atoms with Crippen molar-refractivity contribution >= 4 is 5.78 Å². The number of nitrogens with zero attached hydrogens (tertiary/aromatic N) is 3. The van der Waals surface area contributed by atoms with Gasteiger partial charge in [-0.3, -0.25) is 14.2 Å². The van der Waals surface area contributed by atoms with Crippen molar-refractivity contribution in [3.05, 3.63) is 62.8 Å². The number of halogens is 2. The molecule has 0 bridgehead atoms. The van der Waals surface area contributed by atoms with Gasteiger partial charge in [-0.25, -0.2) is 13.8 Å². The Morgan fingerprint density at radius 2 is 2.00 bits per heavy atom. The van der Waals surface area contributed by atoms with Crippen molar-refractivity contribution in [1.82, 2.24) is 14.5 Å². The Bertz CT molecular complexity index is 1210. The van der Waals surface area contributed by atoms with Crippen LogP contribution in [0.5, 0.6) is 0 Å². The highest BCUT2D eigenvalue weighted by atomic mass is 19.1. The molecule has 6 nitrogen and oxygen atoms in total. The van der Waals surface area contributed by atoms with E-state index in [9.17, 15) is 23.5 Å². The minimum absolute atomic E-state index is 0.00317. The maximum absolute atomic E-state index is 14.1. The quantitative estimate of drug-likeness (QED) is 0.731. The summed E-state index contributed by atoms with van der Waals surface area (Å²) >= 11 is 0. The Labute approximate surface area is 185 Å². The van der Waals surface area contributed by atoms with Crippen molar-refractivity contribution in [3.8, 4) is 0 Å². The summed E-state index contributed by atoms with van der Waals surface area (Å²) in [5.74, 6) is -2.71. The van der Waals surface area contributed by atoms with E-state index < -0.39 is 53.4 Å². The highest BCUT2D eigenvalue weighted by Crippen LogP contribution is 2.25. The fourth-order valence-corrected chi connectivity index (χ4v) is 4.17. The molecule has 1 unspecified atom stereocenters. The van der Waals surface area contributed by atoms with E-state index in [1.165, 1.54) is 16.4 Å². The zero-order valence-electron chi connectivity index (χ0n) is 21.2. The van der Waals surface area contributed by atoms with E-state index in [4.69, 9.17) is 5.48 Å². The average molecular weight is 436 g/mol. The van der Waals surface area contributed by atoms with Crippen molar-refractivity contribution in [2.75, 3.05) is 19.6 Å². The lowest BCUT2D eigenvalue weighted by Crippen LogP contribution is -2.39. The molecule has 3 heterocycles. The van der Waals surface area contributed by atoms with E-state index in [0.717, 1.165) is 12.1 Å². The lowest BCUT2D eigenvalue weighted by Gasteiger charge is -2.31. The molecule has 0 amide bonds. The average Bonchev–Trinajstić information content (AvgIpc) is 2.79. The highest BCUT2D eigenvalue weighted by molar-refractivity contribution is 5.98. The lowest BCUT2D eigenvalue weighted by atomic mass is 9.88. The maximum Gasteiger partial charge on any atom is 0.257 e. The van der Waals surface area contributed by atoms with E-state index in [-0.39, 0.29) is 49.6 Å². The Hall–Kier alpha value is -2.45. The molecule has 0 spiro atoms. The summed E-state index contributed by atoms with van der Waals surface area (Å²) in [6.45, 7) is -0.921. The van der Waals surface area contributed by atoms with Gasteiger partial charge in [-0.2, -0.15) is 0 Å². The third-order valence-electron chi connectivity index (χ3n) is 5.94. The van der Waals surface area contributed by atoms with Crippen LogP contribution >= 0.6 is 0 Å². The van der Waals surface area contributed by atoms with Gasteiger partial charge in [0.25, 0.3) is 5.56 Å². The van der Waals surface area contributed by atoms with Crippen molar-refractivity contribution in [2.45, 2.75) is 51.6 Å². The van der Waals surface area contributed by atoms with Crippen LogP contribution < -0.4 is 5.56 Å². The monoisotopic (exact) mass is 435 g/mol. The minimum atomic E-state index is -2.74. The summed E-state index contributed by atoms with van der Waals surface area (Å²) in [4.78, 5) is 31.4. The molecule has 1 fully saturated rings. The number of carbonyl (C=O) groups is 1. The number of aliphatic hydroxyl groups excluding tert-OH is 1. The van der Waals surface area contributed by atoms with Crippen LogP contribution in [0, 0.1) is 24.5 Å². The minimum Gasteiger partial charge on any atom is -0.385 e. The number of aryl methyl sites for hydroxylation is 1. The Kier molecular flexibility index (Phi) is 4.96. The molecule has 1 aromatic carbocycles. The second kappa shape index (κ2) is 8.96. The summed E-state index contributed by atoms with van der Waals surface area (Å²) in [7, 11) is 0. The number of piperidine rings is 1. The molecular formula is C23H27F2N3O3. The molecule has 2 aliphatic rings. The van der Waals surface area contributed by atoms with Crippen molar-refractivity contribution in [1.29, 1.82) is 0 Å². The van der Waals surface area contributed by atoms with Gasteiger partial charge < -0.3 is 10.0 Å². The molecule has 166 valence electrons. The Morgan fingerprint density at radius 1 is 1.26 bits per heavy atom. The van der Waals surface area contributed by atoms with Crippen LogP contribution in [0.1, 0.15) is 64.7 Å². The summed E-state index contributed by atoms with van der Waals surface area (Å²) < 4.78 is 63.0. The first kappa shape index (κ1) is 17.1. The Morgan fingerprint density at radius 3 is 2.71 bits per heavy atom. The number of likely N-dealkylation sites (tertiary alicyclic amines) is 1. The first-order valence-corrected chi connectivity index (χ1v) is 10.4. The van der Waals surface area contributed by atoms with Crippen LogP contribution in [-0.4, -0.2) is 44.9 Å². The zero-order valence-corrected chi connectivity index (χ0v) is 17.2. The lowest BCUT2D eigenvalue weighted by molar-refractivity contribution is 0.0836. The van der Waals surface area contributed by atoms with Gasteiger partial charge in [0.2, 0.25) is 0 Å². The van der Waals surface area contributed by atoms with Gasteiger partial charge in [0.15, 0.2) is 5.78 Å². The number of carbonyl (C=O) groups excluding carboxylic acids is 1. The summed E-state index contributed by atoms with van der Waals surface area (Å²) in [5.41, 5.74) is -1.31. The van der Waals surface area contributed by atoms with Gasteiger partial charge in [-0.1, -0.05) is 0 Å². The molecule has 1 N–H and O–H groups in total. The second-order valence-electron chi connectivity index (χ2n) is 8.03. The van der Waals surface area contributed by atoms with Crippen LogP contribution in [0.4, 0.5) is 8.78 Å². The predicted octanol–water partition coefficient (Wildman–Crippen LogP) is 2.79. The van der Waals surface area contributed by atoms with Gasteiger partial charge >= 0.3 is 0 Å². The van der Waals surface area contributed by atoms with Gasteiger partial charge in [0.1, 0.15) is 23.6 Å². The SMILES string of the molecule is [2H]C([2H])(c1c(C)nc2n(c1=O)CCCC2O)C([2H])([2H])N1CCC(C(=O)c2ccc(F)cc2F)CC1. The molecule has 0 saturated carbocycles. The third-order valence-corrected chi connectivity index (χ3v) is 5.94. The smallest absolute Gasteiger partial charge is 0.257 e. The Balaban J connectivity index is 1.56. The number of Topliss-reactive ketones (excluding diaryl/α,β-unsaturated/α-hetero) is 1.